The zero-order valence-corrected chi connectivity index (χ0v) is 10.7. The van der Waals surface area contributed by atoms with Gasteiger partial charge in [-0.2, -0.15) is 0 Å². The number of aromatic nitrogens is 2. The van der Waals surface area contributed by atoms with Gasteiger partial charge in [0.05, 0.1) is 0 Å². The molecule has 0 fully saturated rings. The third-order valence-electron chi connectivity index (χ3n) is 2.85. The monoisotopic (exact) mass is 260 g/mol. The van der Waals surface area contributed by atoms with E-state index in [1.54, 1.807) is 0 Å². The van der Waals surface area contributed by atoms with E-state index in [1.165, 1.54) is 22.5 Å². The quantitative estimate of drug-likeness (QED) is 0.862. The van der Waals surface area contributed by atoms with Gasteiger partial charge in [0, 0.05) is 18.7 Å². The number of benzene rings is 1. The molecule has 1 aromatic carbocycles. The first-order valence-electron chi connectivity index (χ1n) is 5.66. The van der Waals surface area contributed by atoms with Crippen molar-refractivity contribution in [1.82, 2.24) is 15.5 Å². The molecule has 2 heterocycles. The van der Waals surface area contributed by atoms with Crippen LogP contribution >= 0.6 is 11.3 Å². The molecule has 0 saturated heterocycles. The minimum atomic E-state index is -0.138. The van der Waals surface area contributed by atoms with Crippen LogP contribution in [0.3, 0.4) is 0 Å². The Morgan fingerprint density at radius 3 is 2.94 bits per heavy atom. The minimum Gasteiger partial charge on any atom is -0.309 e. The third-order valence-corrected chi connectivity index (χ3v) is 3.60. The van der Waals surface area contributed by atoms with Crippen molar-refractivity contribution in [3.05, 3.63) is 39.9 Å². The van der Waals surface area contributed by atoms with Crippen molar-refractivity contribution in [2.75, 3.05) is 5.32 Å². The highest BCUT2D eigenvalue weighted by Crippen LogP contribution is 2.19. The van der Waals surface area contributed by atoms with Crippen LogP contribution in [0.1, 0.15) is 26.5 Å². The van der Waals surface area contributed by atoms with Crippen LogP contribution in [0, 0.1) is 6.92 Å². The Morgan fingerprint density at radius 2 is 2.17 bits per heavy atom. The fourth-order valence-electron chi connectivity index (χ4n) is 1.95. The van der Waals surface area contributed by atoms with E-state index in [9.17, 15) is 4.79 Å². The fourth-order valence-corrected chi connectivity index (χ4v) is 2.54. The largest absolute Gasteiger partial charge is 0.309 e. The molecule has 1 aliphatic heterocycles. The number of nitrogens with one attached hydrogen (secondary N) is 2. The maximum absolute atomic E-state index is 12.0. The molecule has 0 bridgehead atoms. The zero-order chi connectivity index (χ0) is 12.5. The van der Waals surface area contributed by atoms with Crippen LogP contribution in [0.15, 0.2) is 18.2 Å². The van der Waals surface area contributed by atoms with Crippen molar-refractivity contribution in [3.63, 3.8) is 0 Å². The molecule has 2 N–H and O–H groups in total. The van der Waals surface area contributed by atoms with E-state index < -0.39 is 0 Å². The molecule has 5 nitrogen and oxygen atoms in total. The van der Waals surface area contributed by atoms with Crippen LogP contribution in [0.2, 0.25) is 0 Å². The summed E-state index contributed by atoms with van der Waals surface area (Å²) in [6.07, 6.45) is 0. The number of aryl methyl sites for hydroxylation is 1. The molecule has 0 aliphatic carbocycles. The summed E-state index contributed by atoms with van der Waals surface area (Å²) in [6, 6.07) is 5.77. The maximum Gasteiger partial charge on any atom is 0.257 e. The van der Waals surface area contributed by atoms with E-state index in [-0.39, 0.29) is 5.91 Å². The summed E-state index contributed by atoms with van der Waals surface area (Å²) < 4.78 is 0. The summed E-state index contributed by atoms with van der Waals surface area (Å²) in [4.78, 5) is 12.0. The van der Waals surface area contributed by atoms with Gasteiger partial charge >= 0.3 is 0 Å². The van der Waals surface area contributed by atoms with Crippen LogP contribution in [0.5, 0.6) is 0 Å². The number of hydrogen-bond donors (Lipinski definition) is 2. The smallest absolute Gasteiger partial charge is 0.257 e. The molecule has 1 aliphatic rings. The molecule has 0 unspecified atom stereocenters. The molecule has 6 heteroatoms. The summed E-state index contributed by atoms with van der Waals surface area (Å²) in [5, 5.41) is 15.1. The second kappa shape index (κ2) is 4.47. The molecule has 3 rings (SSSR count). The average Bonchev–Trinajstić information content (AvgIpc) is 2.96. The molecule has 2 aromatic rings. The SMILES string of the molecule is Cc1nnc(NC(=O)c2ccc3c(c2)CNC3)s1. The van der Waals surface area contributed by atoms with Gasteiger partial charge in [-0.05, 0) is 30.2 Å². The molecule has 0 radical (unpaired) electrons. The molecular formula is C12H12N4OS. The van der Waals surface area contributed by atoms with Crippen LogP contribution < -0.4 is 10.6 Å². The van der Waals surface area contributed by atoms with Gasteiger partial charge in [0.25, 0.3) is 5.91 Å². The highest BCUT2D eigenvalue weighted by molar-refractivity contribution is 7.15. The summed E-state index contributed by atoms with van der Waals surface area (Å²) in [7, 11) is 0. The Labute approximate surface area is 108 Å². The van der Waals surface area contributed by atoms with E-state index in [4.69, 9.17) is 0 Å². The highest BCUT2D eigenvalue weighted by atomic mass is 32.1. The van der Waals surface area contributed by atoms with Crippen molar-refractivity contribution in [2.45, 2.75) is 20.0 Å². The molecule has 18 heavy (non-hydrogen) atoms. The summed E-state index contributed by atoms with van der Waals surface area (Å²) in [5.41, 5.74) is 3.11. The Balaban J connectivity index is 1.80. The molecular weight excluding hydrogens is 248 g/mol. The number of fused-ring (bicyclic) bond motifs is 1. The van der Waals surface area contributed by atoms with Crippen LogP contribution in [-0.2, 0) is 13.1 Å². The number of rotatable bonds is 2. The van der Waals surface area contributed by atoms with Gasteiger partial charge in [-0.3, -0.25) is 10.1 Å². The topological polar surface area (TPSA) is 66.9 Å². The highest BCUT2D eigenvalue weighted by Gasteiger charge is 2.14. The van der Waals surface area contributed by atoms with Gasteiger partial charge in [0.15, 0.2) is 0 Å². The van der Waals surface area contributed by atoms with E-state index in [2.05, 4.69) is 20.8 Å². The summed E-state index contributed by atoms with van der Waals surface area (Å²) in [5.74, 6) is -0.138. The predicted octanol–water partition coefficient (Wildman–Crippen LogP) is 1.70. The molecule has 0 atom stereocenters. The Bertz CT molecular complexity index is 608. The maximum atomic E-state index is 12.0. The van der Waals surface area contributed by atoms with Crippen LogP contribution in [0.4, 0.5) is 5.13 Å². The van der Waals surface area contributed by atoms with Crippen molar-refractivity contribution in [1.29, 1.82) is 0 Å². The van der Waals surface area contributed by atoms with Crippen molar-refractivity contribution in [3.8, 4) is 0 Å². The predicted molar refractivity (Wildman–Crippen MR) is 69.6 cm³/mol. The van der Waals surface area contributed by atoms with Crippen molar-refractivity contribution >= 4 is 22.4 Å². The number of hydrogen-bond acceptors (Lipinski definition) is 5. The molecule has 92 valence electrons. The first-order valence-corrected chi connectivity index (χ1v) is 6.48. The van der Waals surface area contributed by atoms with E-state index in [0.29, 0.717) is 10.7 Å². The number of amides is 1. The lowest BCUT2D eigenvalue weighted by atomic mass is 10.1. The fraction of sp³-hybridized carbons (Fsp3) is 0.250. The van der Waals surface area contributed by atoms with Gasteiger partial charge in [0.2, 0.25) is 5.13 Å². The average molecular weight is 260 g/mol. The first-order chi connectivity index (χ1) is 8.72. The first kappa shape index (κ1) is 11.3. The number of anilines is 1. The molecule has 1 aromatic heterocycles. The standard InChI is InChI=1S/C12H12N4OS/c1-7-15-16-12(18-7)14-11(17)8-2-3-9-5-13-6-10(9)4-8/h2-4,13H,5-6H2,1H3,(H,14,16,17). The lowest BCUT2D eigenvalue weighted by molar-refractivity contribution is 0.102. The molecule has 0 spiro atoms. The van der Waals surface area contributed by atoms with Gasteiger partial charge < -0.3 is 5.32 Å². The van der Waals surface area contributed by atoms with Crippen molar-refractivity contribution in [2.24, 2.45) is 0 Å². The third kappa shape index (κ3) is 2.12. The van der Waals surface area contributed by atoms with E-state index in [1.807, 2.05) is 25.1 Å². The molecule has 0 saturated carbocycles. The molecule has 1 amide bonds. The van der Waals surface area contributed by atoms with E-state index >= 15 is 0 Å². The van der Waals surface area contributed by atoms with Gasteiger partial charge in [-0.1, -0.05) is 17.4 Å². The minimum absolute atomic E-state index is 0.138. The Kier molecular flexibility index (Phi) is 2.81. The van der Waals surface area contributed by atoms with Gasteiger partial charge in [-0.15, -0.1) is 10.2 Å². The van der Waals surface area contributed by atoms with E-state index in [0.717, 1.165) is 18.1 Å². The Hall–Kier alpha value is -1.79. The number of nitrogens with zero attached hydrogens (tertiary/aromatic N) is 2. The normalized spacial score (nSPS) is 13.4. The summed E-state index contributed by atoms with van der Waals surface area (Å²) >= 11 is 1.37. The second-order valence-electron chi connectivity index (χ2n) is 4.17. The summed E-state index contributed by atoms with van der Waals surface area (Å²) in [6.45, 7) is 3.57. The number of carbonyl (C=O) groups is 1. The van der Waals surface area contributed by atoms with Crippen LogP contribution in [0.25, 0.3) is 0 Å². The second-order valence-corrected chi connectivity index (χ2v) is 5.35. The van der Waals surface area contributed by atoms with Gasteiger partial charge in [0.1, 0.15) is 5.01 Å². The Morgan fingerprint density at radius 1 is 1.33 bits per heavy atom. The van der Waals surface area contributed by atoms with Gasteiger partial charge in [-0.25, -0.2) is 0 Å². The lowest BCUT2D eigenvalue weighted by Crippen LogP contribution is -2.12. The zero-order valence-electron chi connectivity index (χ0n) is 9.86. The van der Waals surface area contributed by atoms with Crippen LogP contribution in [-0.4, -0.2) is 16.1 Å². The lowest BCUT2D eigenvalue weighted by Gasteiger charge is -2.03. The van der Waals surface area contributed by atoms with Crippen molar-refractivity contribution < 1.29 is 4.79 Å². The number of carbonyl (C=O) groups excluding carboxylic acids is 1.